The van der Waals surface area contributed by atoms with Crippen LogP contribution in [0.25, 0.3) is 38.6 Å². The van der Waals surface area contributed by atoms with Crippen molar-refractivity contribution >= 4 is 67.7 Å². The molecular formula is C65H68BN3. The Bertz CT molecular complexity index is 3450. The molecule has 8 aromatic rings. The van der Waals surface area contributed by atoms with E-state index in [1.807, 2.05) is 0 Å². The van der Waals surface area contributed by atoms with Gasteiger partial charge in [-0.25, -0.2) is 0 Å². The van der Waals surface area contributed by atoms with Crippen LogP contribution < -0.4 is 26.2 Å². The lowest BCUT2D eigenvalue weighted by Crippen LogP contribution is -2.63. The maximum absolute atomic E-state index is 2.90. The average molecular weight is 902 g/mol. The first kappa shape index (κ1) is 43.1. The molecule has 3 unspecified atom stereocenters. The molecule has 5 aliphatic rings. The van der Waals surface area contributed by atoms with Gasteiger partial charge in [0.05, 0.1) is 11.1 Å². The zero-order valence-electron chi connectivity index (χ0n) is 42.8. The predicted molar refractivity (Wildman–Crippen MR) is 296 cm³/mol. The van der Waals surface area contributed by atoms with Crippen LogP contribution in [0.15, 0.2) is 133 Å². The molecule has 13 rings (SSSR count). The van der Waals surface area contributed by atoms with Gasteiger partial charge in [0, 0.05) is 62.1 Å². The number of benzene rings is 7. The molecule has 7 aromatic carbocycles. The van der Waals surface area contributed by atoms with E-state index in [2.05, 4.69) is 217 Å². The highest BCUT2D eigenvalue weighted by atomic mass is 15.3. The topological polar surface area (TPSA) is 11.4 Å². The first-order chi connectivity index (χ1) is 33.0. The second-order valence-electron chi connectivity index (χ2n) is 24.6. The minimum absolute atomic E-state index is 0.00344. The molecule has 0 saturated carbocycles. The zero-order chi connectivity index (χ0) is 47.6. The normalized spacial score (nSPS) is 21.7. The molecule has 69 heavy (non-hydrogen) atoms. The van der Waals surface area contributed by atoms with E-state index in [1.54, 1.807) is 0 Å². The van der Waals surface area contributed by atoms with Gasteiger partial charge in [0.15, 0.2) is 0 Å². The van der Waals surface area contributed by atoms with Crippen LogP contribution in [0.3, 0.4) is 0 Å². The Kier molecular flexibility index (Phi) is 9.07. The summed E-state index contributed by atoms with van der Waals surface area (Å²) in [6.07, 6.45) is 8.45. The highest BCUT2D eigenvalue weighted by Gasteiger charge is 2.63. The van der Waals surface area contributed by atoms with Gasteiger partial charge in [-0.2, -0.15) is 0 Å². The van der Waals surface area contributed by atoms with E-state index in [-0.39, 0.29) is 33.9 Å². The molecule has 0 bridgehead atoms. The maximum atomic E-state index is 2.90. The Labute approximate surface area is 411 Å². The van der Waals surface area contributed by atoms with Gasteiger partial charge in [-0.15, -0.1) is 0 Å². The largest absolute Gasteiger partial charge is 0.340 e. The summed E-state index contributed by atoms with van der Waals surface area (Å²) in [5.74, 6) is 0. The molecule has 1 aromatic heterocycles. The fraction of sp³-hybridized carbons (Fsp3) is 0.354. The van der Waals surface area contributed by atoms with Crippen LogP contribution in [-0.2, 0) is 33.6 Å². The molecule has 0 radical (unpaired) electrons. The summed E-state index contributed by atoms with van der Waals surface area (Å²) < 4.78 is 2.72. The summed E-state index contributed by atoms with van der Waals surface area (Å²) >= 11 is 0. The molecule has 0 fully saturated rings. The Morgan fingerprint density at radius 1 is 0.594 bits per heavy atom. The number of rotatable bonds is 7. The van der Waals surface area contributed by atoms with Crippen molar-refractivity contribution in [2.45, 2.75) is 141 Å². The lowest BCUT2D eigenvalue weighted by atomic mass is 9.33. The van der Waals surface area contributed by atoms with Crippen molar-refractivity contribution in [1.29, 1.82) is 0 Å². The average Bonchev–Trinajstić information content (AvgIpc) is 3.91. The fourth-order valence-corrected chi connectivity index (χ4v) is 14.4. The van der Waals surface area contributed by atoms with Crippen LogP contribution in [0.4, 0.5) is 22.7 Å². The highest BCUT2D eigenvalue weighted by molar-refractivity contribution is 7.00. The molecule has 3 atom stereocenters. The van der Waals surface area contributed by atoms with Gasteiger partial charge in [-0.1, -0.05) is 179 Å². The van der Waals surface area contributed by atoms with Crippen LogP contribution in [0.1, 0.15) is 141 Å². The summed E-state index contributed by atoms with van der Waals surface area (Å²) in [5.41, 5.74) is 24.8. The molecular weight excluding hydrogens is 834 g/mol. The Balaban J connectivity index is 1.14. The number of unbranched alkanes of at least 4 members (excludes halogenated alkanes) is 3. The van der Waals surface area contributed by atoms with Gasteiger partial charge in [-0.3, -0.25) is 0 Å². The monoisotopic (exact) mass is 902 g/mol. The van der Waals surface area contributed by atoms with Gasteiger partial charge < -0.3 is 14.4 Å². The van der Waals surface area contributed by atoms with Crippen molar-refractivity contribution in [3.8, 4) is 16.8 Å². The molecule has 3 nitrogen and oxygen atoms in total. The number of nitrogens with zero attached hydrogens (tertiary/aromatic N) is 3. The summed E-state index contributed by atoms with van der Waals surface area (Å²) in [6.45, 7) is 25.4. The molecule has 346 valence electrons. The number of aromatic nitrogens is 1. The molecule has 0 N–H and O–H groups in total. The summed E-state index contributed by atoms with van der Waals surface area (Å²) in [6, 6.07) is 53.1. The lowest BCUT2D eigenvalue weighted by molar-refractivity contribution is 0.245. The third-order valence-corrected chi connectivity index (χ3v) is 18.4. The van der Waals surface area contributed by atoms with Crippen LogP contribution >= 0.6 is 0 Å². The second-order valence-corrected chi connectivity index (χ2v) is 24.6. The quantitative estimate of drug-likeness (QED) is 0.117. The number of anilines is 4. The predicted octanol–water partition coefficient (Wildman–Crippen LogP) is 14.8. The van der Waals surface area contributed by atoms with Gasteiger partial charge >= 0.3 is 0 Å². The van der Waals surface area contributed by atoms with Crippen LogP contribution in [0.2, 0.25) is 0 Å². The number of hydrogen-bond acceptors (Lipinski definition) is 2. The van der Waals surface area contributed by atoms with E-state index in [4.69, 9.17) is 0 Å². The molecule has 0 amide bonds. The zero-order valence-corrected chi connectivity index (χ0v) is 42.8. The van der Waals surface area contributed by atoms with Crippen molar-refractivity contribution < 1.29 is 0 Å². The SMILES string of the molecule is CCCCCCC1(C)CN(c2cc3c4c(c2)-n2c5ccc(C(C)(C)C)cc5c5cc(C(C)(C)C)cc(c52)B4c2cccc4c2N3C2(C)c3ccccc3CCC42C)c2ccc(-c3ccccc3)cc21. The Hall–Kier alpha value is -6.00. The number of aryl methyl sites for hydroxylation is 1. The summed E-state index contributed by atoms with van der Waals surface area (Å²) in [5, 5.41) is 2.74. The van der Waals surface area contributed by atoms with Gasteiger partial charge in [0.1, 0.15) is 0 Å². The van der Waals surface area contributed by atoms with Crippen LogP contribution in [-0.4, -0.2) is 17.8 Å². The fourth-order valence-electron chi connectivity index (χ4n) is 14.4. The minimum atomic E-state index is -0.303. The summed E-state index contributed by atoms with van der Waals surface area (Å²) in [7, 11) is 0. The molecule has 1 aliphatic carbocycles. The molecule has 4 aliphatic heterocycles. The van der Waals surface area contributed by atoms with E-state index in [0.29, 0.717) is 0 Å². The van der Waals surface area contributed by atoms with E-state index < -0.39 is 0 Å². The summed E-state index contributed by atoms with van der Waals surface area (Å²) in [4.78, 5) is 5.63. The van der Waals surface area contributed by atoms with Crippen molar-refractivity contribution in [3.05, 3.63) is 167 Å². The van der Waals surface area contributed by atoms with Crippen molar-refractivity contribution in [3.63, 3.8) is 0 Å². The Morgan fingerprint density at radius 3 is 2.12 bits per heavy atom. The van der Waals surface area contributed by atoms with E-state index in [0.717, 1.165) is 19.4 Å². The second kappa shape index (κ2) is 14.5. The van der Waals surface area contributed by atoms with E-state index in [1.165, 1.54) is 143 Å². The van der Waals surface area contributed by atoms with Gasteiger partial charge in [0.2, 0.25) is 0 Å². The maximum Gasteiger partial charge on any atom is 0.252 e. The standard InChI is InChI=1S/C65H68BN3/c1-11-12-13-19-32-63(8)40-67(55-29-27-43(34-51(55)63)41-21-15-14-16-22-41)46-38-56-58-57(39-46)69-60-50(64(9)33-31-42-23-17-18-24-49(42)65(64,69)10)25-20-26-52(60)66(58)53-37-45(62(5,6)7)36-48-47-35-44(61(2,3)4)28-30-54(47)68(56)59(48)53/h14-18,20-30,34-39H,11-13,19,31-33,40H2,1-10H3. The molecule has 5 heterocycles. The first-order valence-electron chi connectivity index (χ1n) is 26.4. The van der Waals surface area contributed by atoms with Crippen molar-refractivity contribution in [2.75, 3.05) is 16.3 Å². The highest BCUT2D eigenvalue weighted by Crippen LogP contribution is 2.64. The third-order valence-electron chi connectivity index (χ3n) is 18.4. The molecule has 0 spiro atoms. The Morgan fingerprint density at radius 2 is 1.33 bits per heavy atom. The van der Waals surface area contributed by atoms with Gasteiger partial charge in [-0.05, 0) is 140 Å². The van der Waals surface area contributed by atoms with Crippen LogP contribution in [0.5, 0.6) is 0 Å². The number of para-hydroxylation sites is 1. The van der Waals surface area contributed by atoms with Gasteiger partial charge in [0.25, 0.3) is 6.71 Å². The van der Waals surface area contributed by atoms with E-state index in [9.17, 15) is 0 Å². The number of fused-ring (bicyclic) bond motifs is 13. The lowest BCUT2D eigenvalue weighted by Gasteiger charge is -2.53. The molecule has 0 saturated heterocycles. The third kappa shape index (κ3) is 5.81. The van der Waals surface area contributed by atoms with Crippen molar-refractivity contribution in [2.24, 2.45) is 0 Å². The van der Waals surface area contributed by atoms with Crippen molar-refractivity contribution in [1.82, 2.24) is 4.57 Å². The number of hydrogen-bond donors (Lipinski definition) is 0. The minimum Gasteiger partial charge on any atom is -0.340 e. The van der Waals surface area contributed by atoms with Crippen LogP contribution in [0, 0.1) is 0 Å². The molecule has 4 heteroatoms. The first-order valence-corrected chi connectivity index (χ1v) is 26.4. The van der Waals surface area contributed by atoms with E-state index >= 15 is 0 Å². The smallest absolute Gasteiger partial charge is 0.252 e.